The van der Waals surface area contributed by atoms with Crippen LogP contribution in [0.15, 0.2) is 42.5 Å². The van der Waals surface area contributed by atoms with Gasteiger partial charge in [-0.2, -0.15) is 0 Å². The molecule has 4 heteroatoms. The molecule has 20 heavy (non-hydrogen) atoms. The van der Waals surface area contributed by atoms with Gasteiger partial charge in [0.2, 0.25) is 5.91 Å². The van der Waals surface area contributed by atoms with Crippen LogP contribution in [-0.2, 0) is 9.79 Å². The Balaban J connectivity index is 2.88. The molecule has 1 atom stereocenters. The summed E-state index contributed by atoms with van der Waals surface area (Å²) in [5.74, 6) is -0.214. The van der Waals surface area contributed by atoms with Gasteiger partial charge in [-0.1, -0.05) is 48.5 Å². The Morgan fingerprint density at radius 1 is 1.35 bits per heavy atom. The van der Waals surface area contributed by atoms with Crippen molar-refractivity contribution in [2.24, 2.45) is 0 Å². The number of rotatable bonds is 7. The molecule has 0 spiro atoms. The van der Waals surface area contributed by atoms with Crippen LogP contribution in [0, 0.1) is 0 Å². The minimum atomic E-state index is -0.882. The van der Waals surface area contributed by atoms with Crippen LogP contribution >= 0.6 is 11.6 Å². The van der Waals surface area contributed by atoms with E-state index in [1.165, 1.54) is 0 Å². The molecule has 1 rings (SSSR count). The first kappa shape index (κ1) is 16.7. The Morgan fingerprint density at radius 3 is 2.45 bits per heavy atom. The predicted molar refractivity (Wildman–Crippen MR) is 84.7 cm³/mol. The van der Waals surface area contributed by atoms with Gasteiger partial charge in [-0.25, -0.2) is 0 Å². The summed E-state index contributed by atoms with van der Waals surface area (Å²) in [6, 6.07) is 9.64. The number of carbonyl (C=O) groups excluding carboxylic acids is 1. The summed E-state index contributed by atoms with van der Waals surface area (Å²) in [5.41, 5.74) is 1.36. The Morgan fingerprint density at radius 2 is 1.95 bits per heavy atom. The maximum absolute atomic E-state index is 11.9. The number of hydrogen-bond donors (Lipinski definition) is 1. The molecule has 0 saturated heterocycles. The molecule has 0 radical (unpaired) electrons. The molecule has 1 N–H and O–H groups in total. The zero-order valence-electron chi connectivity index (χ0n) is 12.4. The van der Waals surface area contributed by atoms with Gasteiger partial charge >= 0.3 is 0 Å². The molecule has 110 valence electrons. The number of alkyl halides is 1. The Hall–Kier alpha value is -1.32. The molecule has 0 heterocycles. The SMILES string of the molecule is C=C(C)C(=O)NC(Cl)(CCCN(C)C)c1ccccc1. The Labute approximate surface area is 126 Å². The smallest absolute Gasteiger partial charge is 0.247 e. The fourth-order valence-electron chi connectivity index (χ4n) is 1.91. The van der Waals surface area contributed by atoms with Gasteiger partial charge in [-0.05, 0) is 46.0 Å². The van der Waals surface area contributed by atoms with E-state index in [-0.39, 0.29) is 5.91 Å². The second-order valence-corrected chi connectivity index (χ2v) is 5.95. The van der Waals surface area contributed by atoms with Gasteiger partial charge in [0.25, 0.3) is 0 Å². The predicted octanol–water partition coefficient (Wildman–Crippen LogP) is 3.11. The third kappa shape index (κ3) is 4.99. The fraction of sp³-hybridized carbons (Fsp3) is 0.438. The number of amides is 1. The van der Waals surface area contributed by atoms with E-state index in [1.54, 1.807) is 6.92 Å². The maximum Gasteiger partial charge on any atom is 0.247 e. The van der Waals surface area contributed by atoms with Crippen molar-refractivity contribution in [3.05, 3.63) is 48.0 Å². The van der Waals surface area contributed by atoms with Crippen LogP contribution in [0.3, 0.4) is 0 Å². The first-order valence-corrected chi connectivity index (χ1v) is 7.10. The molecular weight excluding hydrogens is 272 g/mol. The second-order valence-electron chi connectivity index (χ2n) is 5.31. The second kappa shape index (κ2) is 7.46. The van der Waals surface area contributed by atoms with Gasteiger partial charge in [-0.3, -0.25) is 4.79 Å². The van der Waals surface area contributed by atoms with Crippen LogP contribution < -0.4 is 5.32 Å². The quantitative estimate of drug-likeness (QED) is 0.476. The van der Waals surface area contributed by atoms with Crippen LogP contribution in [0.1, 0.15) is 25.3 Å². The molecule has 1 aromatic carbocycles. The van der Waals surface area contributed by atoms with Gasteiger partial charge in [0, 0.05) is 5.57 Å². The largest absolute Gasteiger partial charge is 0.330 e. The summed E-state index contributed by atoms with van der Waals surface area (Å²) in [7, 11) is 4.04. The highest BCUT2D eigenvalue weighted by atomic mass is 35.5. The zero-order valence-corrected chi connectivity index (χ0v) is 13.2. The van der Waals surface area contributed by atoms with Crippen molar-refractivity contribution in [1.82, 2.24) is 10.2 Å². The van der Waals surface area contributed by atoms with E-state index in [2.05, 4.69) is 16.8 Å². The molecule has 0 aliphatic rings. The molecule has 1 aromatic rings. The topological polar surface area (TPSA) is 32.3 Å². The first-order valence-electron chi connectivity index (χ1n) is 6.72. The van der Waals surface area contributed by atoms with Crippen molar-refractivity contribution in [3.8, 4) is 0 Å². The van der Waals surface area contributed by atoms with E-state index >= 15 is 0 Å². The monoisotopic (exact) mass is 294 g/mol. The van der Waals surface area contributed by atoms with Crippen LogP contribution in [-0.4, -0.2) is 31.4 Å². The van der Waals surface area contributed by atoms with E-state index in [9.17, 15) is 4.79 Å². The number of nitrogens with zero attached hydrogens (tertiary/aromatic N) is 1. The van der Waals surface area contributed by atoms with Crippen molar-refractivity contribution in [2.45, 2.75) is 24.8 Å². The van der Waals surface area contributed by atoms with Crippen LogP contribution in [0.5, 0.6) is 0 Å². The third-order valence-corrected chi connectivity index (χ3v) is 3.56. The molecule has 0 aromatic heterocycles. The van der Waals surface area contributed by atoms with Gasteiger partial charge in [-0.15, -0.1) is 0 Å². The summed E-state index contributed by atoms with van der Waals surface area (Å²) in [6.45, 7) is 6.26. The van der Waals surface area contributed by atoms with Crippen molar-refractivity contribution in [1.29, 1.82) is 0 Å². The van der Waals surface area contributed by atoms with E-state index in [0.717, 1.165) is 18.5 Å². The number of benzene rings is 1. The third-order valence-electron chi connectivity index (χ3n) is 3.06. The van der Waals surface area contributed by atoms with Crippen LogP contribution in [0.25, 0.3) is 0 Å². The average Bonchev–Trinajstić information content (AvgIpc) is 2.39. The van der Waals surface area contributed by atoms with E-state index < -0.39 is 5.00 Å². The Bertz CT molecular complexity index is 459. The molecule has 0 fully saturated rings. The number of halogens is 1. The molecule has 1 unspecified atom stereocenters. The van der Waals surface area contributed by atoms with Crippen molar-refractivity contribution in [3.63, 3.8) is 0 Å². The van der Waals surface area contributed by atoms with Crippen molar-refractivity contribution < 1.29 is 4.79 Å². The summed E-state index contributed by atoms with van der Waals surface area (Å²) in [5, 5.41) is 2.89. The van der Waals surface area contributed by atoms with Crippen molar-refractivity contribution >= 4 is 17.5 Å². The molecule has 0 bridgehead atoms. The highest BCUT2D eigenvalue weighted by molar-refractivity contribution is 6.25. The first-order chi connectivity index (χ1) is 9.35. The summed E-state index contributed by atoms with van der Waals surface area (Å²) >= 11 is 6.70. The lowest BCUT2D eigenvalue weighted by molar-refractivity contribution is -0.118. The highest BCUT2D eigenvalue weighted by Crippen LogP contribution is 2.31. The molecule has 0 aliphatic heterocycles. The van der Waals surface area contributed by atoms with E-state index in [1.807, 2.05) is 44.4 Å². The zero-order chi connectivity index (χ0) is 15.2. The normalized spacial score (nSPS) is 13.8. The lowest BCUT2D eigenvalue weighted by Crippen LogP contribution is -2.42. The van der Waals surface area contributed by atoms with Crippen molar-refractivity contribution in [2.75, 3.05) is 20.6 Å². The Kier molecular flexibility index (Phi) is 6.24. The van der Waals surface area contributed by atoms with Gasteiger partial charge in [0.05, 0.1) is 0 Å². The summed E-state index contributed by atoms with van der Waals surface area (Å²) in [4.78, 5) is 13.1. The summed E-state index contributed by atoms with van der Waals surface area (Å²) in [6.07, 6.45) is 1.55. The molecule has 0 aliphatic carbocycles. The molecule has 1 amide bonds. The molecule has 0 saturated carbocycles. The molecular formula is C16H23ClN2O. The van der Waals surface area contributed by atoms with Crippen LogP contribution in [0.4, 0.5) is 0 Å². The van der Waals surface area contributed by atoms with Gasteiger partial charge < -0.3 is 10.2 Å². The number of hydrogen-bond acceptors (Lipinski definition) is 2. The maximum atomic E-state index is 11.9. The number of carbonyl (C=O) groups is 1. The minimum absolute atomic E-state index is 0.214. The molecule has 3 nitrogen and oxygen atoms in total. The standard InChI is InChI=1S/C16H23ClN2O/c1-13(2)15(20)18-16(17,11-8-12-19(3)4)14-9-6-5-7-10-14/h5-7,9-10H,1,8,11-12H2,2-4H3,(H,18,20). The summed E-state index contributed by atoms with van der Waals surface area (Å²) < 4.78 is 0. The highest BCUT2D eigenvalue weighted by Gasteiger charge is 2.30. The lowest BCUT2D eigenvalue weighted by Gasteiger charge is -2.29. The average molecular weight is 295 g/mol. The van der Waals surface area contributed by atoms with Gasteiger partial charge in [0.15, 0.2) is 0 Å². The van der Waals surface area contributed by atoms with Crippen LogP contribution in [0.2, 0.25) is 0 Å². The van der Waals surface area contributed by atoms with E-state index in [0.29, 0.717) is 12.0 Å². The van der Waals surface area contributed by atoms with E-state index in [4.69, 9.17) is 11.6 Å². The minimum Gasteiger partial charge on any atom is -0.330 e. The lowest BCUT2D eigenvalue weighted by atomic mass is 10.0. The van der Waals surface area contributed by atoms with Gasteiger partial charge in [0.1, 0.15) is 5.00 Å². The fourth-order valence-corrected chi connectivity index (χ4v) is 2.25. The number of nitrogens with one attached hydrogen (secondary N) is 1.